The van der Waals surface area contributed by atoms with Crippen molar-refractivity contribution in [2.45, 2.75) is 36.8 Å². The van der Waals surface area contributed by atoms with E-state index in [1.54, 1.807) is 0 Å². The van der Waals surface area contributed by atoms with Gasteiger partial charge in [-0.1, -0.05) is 45.7 Å². The summed E-state index contributed by atoms with van der Waals surface area (Å²) < 4.78 is 0.187. The fourth-order valence-electron chi connectivity index (χ4n) is 2.28. The molecule has 82 valence electrons. The van der Waals surface area contributed by atoms with E-state index in [0.717, 1.165) is 12.8 Å². The van der Waals surface area contributed by atoms with Gasteiger partial charge in [-0.25, -0.2) is 0 Å². The Labute approximate surface area is 151 Å². The van der Waals surface area contributed by atoms with Gasteiger partial charge in [-0.05, 0) is 36.5 Å². The number of carbonyl (C=O) groups is 1. The van der Waals surface area contributed by atoms with E-state index in [0.29, 0.717) is 12.3 Å². The maximum Gasteiger partial charge on any atom is 1.00 e. The van der Waals surface area contributed by atoms with Gasteiger partial charge in [0.05, 0.1) is 3.74 Å². The number of hydrogen-bond acceptors (Lipinski definition) is 2. The average molecular weight is 366 g/mol. The van der Waals surface area contributed by atoms with Gasteiger partial charge in [0, 0.05) is 5.97 Å². The number of rotatable bonds is 3. The van der Waals surface area contributed by atoms with Gasteiger partial charge in [0.25, 0.3) is 0 Å². The van der Waals surface area contributed by atoms with Crippen LogP contribution in [0.5, 0.6) is 0 Å². The summed E-state index contributed by atoms with van der Waals surface area (Å²) in [6.45, 7) is 4.29. The van der Waals surface area contributed by atoms with E-state index in [-0.39, 0.29) is 66.5 Å². The summed E-state index contributed by atoms with van der Waals surface area (Å²) in [5.74, 6) is -0.696. The quantitative estimate of drug-likeness (QED) is 0.490. The number of carboxylic acid groups (broad SMARTS) is 1. The normalized spacial score (nSPS) is 30.7. The van der Waals surface area contributed by atoms with Crippen molar-refractivity contribution in [1.29, 1.82) is 0 Å². The van der Waals surface area contributed by atoms with Crippen LogP contribution in [0.25, 0.3) is 0 Å². The third-order valence-corrected chi connectivity index (χ3v) is 5.33. The summed E-state index contributed by atoms with van der Waals surface area (Å²) in [5, 5.41) is 10.8. The van der Waals surface area contributed by atoms with Crippen LogP contribution in [0, 0.1) is 17.3 Å². The van der Waals surface area contributed by atoms with Crippen molar-refractivity contribution in [3.8, 4) is 0 Å². The zero-order valence-corrected chi connectivity index (χ0v) is 15.7. The first-order valence-corrected chi connectivity index (χ1v) is 6.72. The molecular formula is C10H15Br2KO2. The smallest absolute Gasteiger partial charge is 0.550 e. The SMILES string of the molecule is CC(C)C1(C(Br)Br)CCC(C(=O)[O-])C1.[K+]. The second-order valence-electron chi connectivity index (χ2n) is 4.45. The predicted octanol–water partition coefficient (Wildman–Crippen LogP) is -0.701. The Morgan fingerprint density at radius 3 is 2.20 bits per heavy atom. The molecule has 2 atom stereocenters. The third-order valence-electron chi connectivity index (χ3n) is 3.50. The first kappa shape index (κ1) is 17.1. The van der Waals surface area contributed by atoms with E-state index in [9.17, 15) is 9.90 Å². The molecule has 0 radical (unpaired) electrons. The molecular weight excluding hydrogens is 351 g/mol. The molecule has 1 rings (SSSR count). The standard InChI is InChI=1S/C10H16Br2O2.K/c1-6(2)10(9(11)12)4-3-7(5-10)8(13)14;/h6-7,9H,3-5H2,1-2H3,(H,13,14);/q;+1/p-1. The van der Waals surface area contributed by atoms with Crippen LogP contribution in [0.15, 0.2) is 0 Å². The maximum atomic E-state index is 10.8. The van der Waals surface area contributed by atoms with Crippen molar-refractivity contribution >= 4 is 37.8 Å². The summed E-state index contributed by atoms with van der Waals surface area (Å²) in [4.78, 5) is 10.8. The fraction of sp³-hybridized carbons (Fsp3) is 0.900. The molecule has 5 heteroatoms. The molecule has 0 saturated heterocycles. The first-order chi connectivity index (χ1) is 6.40. The zero-order valence-electron chi connectivity index (χ0n) is 9.43. The van der Waals surface area contributed by atoms with Crippen LogP contribution < -0.4 is 56.5 Å². The fourth-order valence-corrected chi connectivity index (χ4v) is 4.17. The maximum absolute atomic E-state index is 10.8. The number of halogens is 2. The Hall–Kier alpha value is 2.07. The minimum Gasteiger partial charge on any atom is -0.550 e. The van der Waals surface area contributed by atoms with Gasteiger partial charge in [-0.15, -0.1) is 0 Å². The molecule has 0 aliphatic heterocycles. The summed E-state index contributed by atoms with van der Waals surface area (Å²) in [5.41, 5.74) is 0.0603. The largest absolute Gasteiger partial charge is 1.00 e. The Bertz CT molecular complexity index is 223. The Morgan fingerprint density at radius 1 is 1.47 bits per heavy atom. The van der Waals surface area contributed by atoms with Crippen molar-refractivity contribution in [3.63, 3.8) is 0 Å². The molecule has 0 bridgehead atoms. The molecule has 0 spiro atoms. The van der Waals surface area contributed by atoms with Crippen molar-refractivity contribution in [3.05, 3.63) is 0 Å². The van der Waals surface area contributed by atoms with E-state index in [1.165, 1.54) is 0 Å². The summed E-state index contributed by atoms with van der Waals surface area (Å²) >= 11 is 7.08. The molecule has 0 aromatic heterocycles. The first-order valence-electron chi connectivity index (χ1n) is 4.89. The van der Waals surface area contributed by atoms with E-state index >= 15 is 0 Å². The van der Waals surface area contributed by atoms with Gasteiger partial charge >= 0.3 is 51.4 Å². The zero-order chi connectivity index (χ0) is 10.9. The van der Waals surface area contributed by atoms with Crippen LogP contribution in [0.3, 0.4) is 0 Å². The van der Waals surface area contributed by atoms with Crippen molar-refractivity contribution < 1.29 is 61.3 Å². The molecule has 2 unspecified atom stereocenters. The van der Waals surface area contributed by atoms with E-state index in [4.69, 9.17) is 0 Å². The number of carboxylic acids is 1. The summed E-state index contributed by atoms with van der Waals surface area (Å²) in [6, 6.07) is 0. The molecule has 0 N–H and O–H groups in total. The second kappa shape index (κ2) is 6.85. The Balaban J connectivity index is 0.00000196. The Morgan fingerprint density at radius 2 is 2.00 bits per heavy atom. The second-order valence-corrected chi connectivity index (χ2v) is 7.51. The van der Waals surface area contributed by atoms with E-state index in [1.807, 2.05) is 0 Å². The van der Waals surface area contributed by atoms with Crippen LogP contribution in [0.1, 0.15) is 33.1 Å². The van der Waals surface area contributed by atoms with Crippen LogP contribution in [-0.2, 0) is 4.79 Å². The van der Waals surface area contributed by atoms with Gasteiger partial charge in [0.2, 0.25) is 0 Å². The van der Waals surface area contributed by atoms with Crippen molar-refractivity contribution in [1.82, 2.24) is 0 Å². The number of aliphatic carboxylic acids is 1. The molecule has 1 aliphatic carbocycles. The van der Waals surface area contributed by atoms with Gasteiger partial charge < -0.3 is 9.90 Å². The molecule has 2 nitrogen and oxygen atoms in total. The van der Waals surface area contributed by atoms with Gasteiger partial charge in [0.1, 0.15) is 0 Å². The predicted molar refractivity (Wildman–Crippen MR) is 61.3 cm³/mol. The number of carbonyl (C=O) groups excluding carboxylic acids is 1. The molecule has 15 heavy (non-hydrogen) atoms. The number of alkyl halides is 2. The average Bonchev–Trinajstić information content (AvgIpc) is 2.48. The van der Waals surface area contributed by atoms with Crippen LogP contribution in [0.2, 0.25) is 0 Å². The number of hydrogen-bond donors (Lipinski definition) is 0. The van der Waals surface area contributed by atoms with Crippen molar-refractivity contribution in [2.75, 3.05) is 0 Å². The van der Waals surface area contributed by atoms with Crippen LogP contribution in [-0.4, -0.2) is 9.71 Å². The van der Waals surface area contributed by atoms with Crippen molar-refractivity contribution in [2.24, 2.45) is 17.3 Å². The van der Waals surface area contributed by atoms with Crippen LogP contribution >= 0.6 is 31.9 Å². The Kier molecular flexibility index (Phi) is 7.80. The summed E-state index contributed by atoms with van der Waals surface area (Å²) in [7, 11) is 0. The van der Waals surface area contributed by atoms with Gasteiger partial charge in [0.15, 0.2) is 0 Å². The molecule has 0 aromatic carbocycles. The van der Waals surface area contributed by atoms with E-state index < -0.39 is 5.97 Å². The molecule has 1 fully saturated rings. The third kappa shape index (κ3) is 3.76. The van der Waals surface area contributed by atoms with Gasteiger partial charge in [-0.3, -0.25) is 0 Å². The molecule has 1 aliphatic rings. The monoisotopic (exact) mass is 364 g/mol. The van der Waals surface area contributed by atoms with E-state index in [2.05, 4.69) is 45.7 Å². The summed E-state index contributed by atoms with van der Waals surface area (Å²) in [6.07, 6.45) is 2.41. The molecule has 1 saturated carbocycles. The van der Waals surface area contributed by atoms with Crippen LogP contribution in [0.4, 0.5) is 0 Å². The molecule has 0 amide bonds. The topological polar surface area (TPSA) is 40.1 Å². The minimum atomic E-state index is -0.895. The molecule has 0 aromatic rings. The molecule has 0 heterocycles. The minimum absolute atomic E-state index is 0. The van der Waals surface area contributed by atoms with Gasteiger partial charge in [-0.2, -0.15) is 0 Å².